The summed E-state index contributed by atoms with van der Waals surface area (Å²) in [6.07, 6.45) is 1.82. The van der Waals surface area contributed by atoms with Crippen LogP contribution in [0.4, 0.5) is 10.1 Å². The summed E-state index contributed by atoms with van der Waals surface area (Å²) in [5, 5.41) is 8.93. The monoisotopic (exact) mass is 400 g/mol. The fourth-order valence-electron chi connectivity index (χ4n) is 2.58. The lowest BCUT2D eigenvalue weighted by molar-refractivity contribution is -0.115. The number of aromatic amines is 1. The minimum atomic E-state index is -0.613. The maximum Gasteiger partial charge on any atom is 0.344 e. The average molecular weight is 401 g/mol. The first-order chi connectivity index (χ1) is 12.4. The van der Waals surface area contributed by atoms with Gasteiger partial charge in [-0.05, 0) is 38.0 Å². The number of H-pyrrole nitrogens is 1. The van der Waals surface area contributed by atoms with Gasteiger partial charge >= 0.3 is 5.69 Å². The number of carbonyl (C=O) groups is 1. The number of halogens is 2. The van der Waals surface area contributed by atoms with Gasteiger partial charge in [0.15, 0.2) is 5.16 Å². The van der Waals surface area contributed by atoms with E-state index >= 15 is 0 Å². The zero-order chi connectivity index (χ0) is 18.7. The number of hydrogen-bond acceptors (Lipinski definition) is 5. The number of aromatic nitrogens is 3. The first kappa shape index (κ1) is 18.9. The molecule has 2 aromatic rings. The summed E-state index contributed by atoms with van der Waals surface area (Å²) in [5.41, 5.74) is -0.301. The predicted octanol–water partition coefficient (Wildman–Crippen LogP) is 2.66. The predicted molar refractivity (Wildman–Crippen MR) is 97.2 cm³/mol. The Labute approximate surface area is 158 Å². The molecular formula is C16H18ClFN4O3S. The van der Waals surface area contributed by atoms with Crippen LogP contribution in [0.3, 0.4) is 0 Å². The van der Waals surface area contributed by atoms with Gasteiger partial charge in [-0.15, -0.1) is 5.10 Å². The highest BCUT2D eigenvalue weighted by atomic mass is 35.5. The molecule has 10 heteroatoms. The van der Waals surface area contributed by atoms with E-state index < -0.39 is 17.0 Å². The summed E-state index contributed by atoms with van der Waals surface area (Å²) in [6.45, 7) is 2.73. The molecule has 1 aromatic heterocycles. The Morgan fingerprint density at radius 2 is 2.42 bits per heavy atom. The number of rotatable bonds is 6. The fourth-order valence-corrected chi connectivity index (χ4v) is 3.61. The number of anilines is 1. The molecule has 1 fully saturated rings. The molecule has 0 bridgehead atoms. The Morgan fingerprint density at radius 1 is 1.62 bits per heavy atom. The lowest BCUT2D eigenvalue weighted by atomic mass is 10.2. The second kappa shape index (κ2) is 8.24. The molecule has 7 nitrogen and oxygen atoms in total. The van der Waals surface area contributed by atoms with E-state index in [4.69, 9.17) is 16.3 Å². The smallest absolute Gasteiger partial charge is 0.344 e. The second-order valence-electron chi connectivity index (χ2n) is 5.93. The van der Waals surface area contributed by atoms with Gasteiger partial charge in [-0.3, -0.25) is 9.36 Å². The maximum absolute atomic E-state index is 13.8. The molecule has 0 radical (unpaired) electrons. The molecular weight excluding hydrogens is 383 g/mol. The molecule has 1 aliphatic heterocycles. The van der Waals surface area contributed by atoms with E-state index in [0.717, 1.165) is 30.7 Å². The van der Waals surface area contributed by atoms with Crippen molar-refractivity contribution in [1.29, 1.82) is 0 Å². The highest BCUT2D eigenvalue weighted by Crippen LogP contribution is 2.24. The largest absolute Gasteiger partial charge is 0.376 e. The van der Waals surface area contributed by atoms with Crippen molar-refractivity contribution in [1.82, 2.24) is 14.8 Å². The van der Waals surface area contributed by atoms with Crippen molar-refractivity contribution in [3.63, 3.8) is 0 Å². The van der Waals surface area contributed by atoms with Gasteiger partial charge in [-0.2, -0.15) is 0 Å². The Bertz CT molecular complexity index is 850. The van der Waals surface area contributed by atoms with Gasteiger partial charge in [-0.1, -0.05) is 23.4 Å². The van der Waals surface area contributed by atoms with E-state index in [1.807, 2.05) is 0 Å². The molecule has 0 aliphatic carbocycles. The van der Waals surface area contributed by atoms with Gasteiger partial charge in [-0.25, -0.2) is 14.3 Å². The number of amides is 1. The number of nitrogens with zero attached hydrogens (tertiary/aromatic N) is 2. The van der Waals surface area contributed by atoms with Gasteiger partial charge in [0.1, 0.15) is 5.82 Å². The quantitative estimate of drug-likeness (QED) is 0.728. The number of carbonyl (C=O) groups excluding carboxylic acids is 1. The molecule has 140 valence electrons. The SMILES string of the molecule is CC(Sc1n[nH]c(=O)n1CC1CCCO1)C(=O)Nc1ccc(Cl)cc1F. The van der Waals surface area contributed by atoms with Crippen LogP contribution in [0.2, 0.25) is 5.02 Å². The number of benzene rings is 1. The Kier molecular flexibility index (Phi) is 6.00. The summed E-state index contributed by atoms with van der Waals surface area (Å²) >= 11 is 6.82. The number of ether oxygens (including phenoxy) is 1. The third-order valence-corrected chi connectivity index (χ3v) is 5.30. The summed E-state index contributed by atoms with van der Waals surface area (Å²) in [7, 11) is 0. The maximum atomic E-state index is 13.8. The molecule has 1 aliphatic rings. The van der Waals surface area contributed by atoms with Crippen LogP contribution in [0.15, 0.2) is 28.2 Å². The highest BCUT2D eigenvalue weighted by molar-refractivity contribution is 8.00. The Morgan fingerprint density at radius 3 is 3.12 bits per heavy atom. The molecule has 26 heavy (non-hydrogen) atoms. The summed E-state index contributed by atoms with van der Waals surface area (Å²) in [5.74, 6) is -1.02. The zero-order valence-electron chi connectivity index (χ0n) is 14.0. The van der Waals surface area contributed by atoms with Gasteiger partial charge < -0.3 is 10.1 Å². The standard InChI is InChI=1S/C16H18ClFN4O3S/c1-9(14(23)19-13-5-4-10(17)7-12(13)18)26-16-21-20-15(24)22(16)8-11-3-2-6-25-11/h4-5,7,9,11H,2-3,6,8H2,1H3,(H,19,23)(H,20,24). The van der Waals surface area contributed by atoms with E-state index in [-0.39, 0.29) is 22.5 Å². The molecule has 2 heterocycles. The van der Waals surface area contributed by atoms with Crippen LogP contribution in [0.1, 0.15) is 19.8 Å². The van der Waals surface area contributed by atoms with Crippen LogP contribution in [-0.4, -0.2) is 38.6 Å². The van der Waals surface area contributed by atoms with Gasteiger partial charge in [0.2, 0.25) is 5.91 Å². The molecule has 2 atom stereocenters. The van der Waals surface area contributed by atoms with Crippen molar-refractivity contribution in [3.8, 4) is 0 Å². The molecule has 2 N–H and O–H groups in total. The Balaban J connectivity index is 1.66. The van der Waals surface area contributed by atoms with Gasteiger partial charge in [0, 0.05) is 11.6 Å². The fraction of sp³-hybridized carbons (Fsp3) is 0.438. The number of thioether (sulfide) groups is 1. The number of nitrogens with one attached hydrogen (secondary N) is 2. The van der Waals surface area contributed by atoms with Crippen LogP contribution in [0.5, 0.6) is 0 Å². The summed E-state index contributed by atoms with van der Waals surface area (Å²) in [6, 6.07) is 4.02. The zero-order valence-corrected chi connectivity index (χ0v) is 15.6. The lowest BCUT2D eigenvalue weighted by Gasteiger charge is -2.14. The topological polar surface area (TPSA) is 89.0 Å². The first-order valence-corrected chi connectivity index (χ1v) is 9.39. The lowest BCUT2D eigenvalue weighted by Crippen LogP contribution is -2.27. The molecule has 1 amide bonds. The Hall–Kier alpha value is -1.84. The van der Waals surface area contributed by atoms with Crippen LogP contribution >= 0.6 is 23.4 Å². The van der Waals surface area contributed by atoms with E-state index in [0.29, 0.717) is 18.3 Å². The van der Waals surface area contributed by atoms with E-state index in [9.17, 15) is 14.0 Å². The molecule has 1 aromatic carbocycles. The molecule has 1 saturated heterocycles. The number of hydrogen-bond donors (Lipinski definition) is 2. The average Bonchev–Trinajstić information content (AvgIpc) is 3.22. The van der Waals surface area contributed by atoms with Crippen LogP contribution in [0, 0.1) is 5.82 Å². The normalized spacial score (nSPS) is 18.0. The second-order valence-corrected chi connectivity index (χ2v) is 7.67. The first-order valence-electron chi connectivity index (χ1n) is 8.13. The van der Waals surface area contributed by atoms with E-state index in [1.54, 1.807) is 6.92 Å². The van der Waals surface area contributed by atoms with Crippen LogP contribution in [-0.2, 0) is 16.1 Å². The molecule has 0 spiro atoms. The van der Waals surface area contributed by atoms with Crippen molar-refractivity contribution >= 4 is 35.0 Å². The molecule has 3 rings (SSSR count). The van der Waals surface area contributed by atoms with Gasteiger partial charge in [0.25, 0.3) is 0 Å². The van der Waals surface area contributed by atoms with Crippen molar-refractivity contribution in [2.45, 2.75) is 42.8 Å². The summed E-state index contributed by atoms with van der Waals surface area (Å²) < 4.78 is 20.8. The third kappa shape index (κ3) is 4.46. The van der Waals surface area contributed by atoms with Crippen molar-refractivity contribution in [2.24, 2.45) is 0 Å². The molecule has 0 saturated carbocycles. The highest BCUT2D eigenvalue weighted by Gasteiger charge is 2.23. The van der Waals surface area contributed by atoms with E-state index in [1.165, 1.54) is 16.7 Å². The van der Waals surface area contributed by atoms with Crippen molar-refractivity contribution < 1.29 is 13.9 Å². The van der Waals surface area contributed by atoms with Crippen LogP contribution < -0.4 is 11.0 Å². The molecule has 2 unspecified atom stereocenters. The van der Waals surface area contributed by atoms with Crippen molar-refractivity contribution in [2.75, 3.05) is 11.9 Å². The summed E-state index contributed by atoms with van der Waals surface area (Å²) in [4.78, 5) is 24.3. The van der Waals surface area contributed by atoms with Crippen molar-refractivity contribution in [3.05, 3.63) is 39.5 Å². The minimum absolute atomic E-state index is 0.0306. The van der Waals surface area contributed by atoms with E-state index in [2.05, 4.69) is 15.5 Å². The van der Waals surface area contributed by atoms with Gasteiger partial charge in [0.05, 0.1) is 23.6 Å². The minimum Gasteiger partial charge on any atom is -0.376 e. The van der Waals surface area contributed by atoms with Crippen LogP contribution in [0.25, 0.3) is 0 Å². The third-order valence-electron chi connectivity index (χ3n) is 3.97.